The first-order valence-electron chi connectivity index (χ1n) is 6.52. The number of fused-ring (bicyclic) bond motifs is 1. The Morgan fingerprint density at radius 3 is 2.80 bits per heavy atom. The highest BCUT2D eigenvalue weighted by molar-refractivity contribution is 6.34. The van der Waals surface area contributed by atoms with Crippen LogP contribution in [0.5, 0.6) is 0 Å². The van der Waals surface area contributed by atoms with Crippen molar-refractivity contribution in [1.29, 1.82) is 0 Å². The number of nitrogens with zero attached hydrogens (tertiary/aromatic N) is 2. The number of halogens is 1. The van der Waals surface area contributed by atoms with E-state index in [0.717, 1.165) is 42.0 Å². The molecule has 0 saturated heterocycles. The number of hydrogen-bond donors (Lipinski definition) is 1. The molecular weight excluding hydrogens is 274 g/mol. The summed E-state index contributed by atoms with van der Waals surface area (Å²) in [6.45, 7) is 1.89. The van der Waals surface area contributed by atoms with E-state index in [9.17, 15) is 4.79 Å². The zero-order chi connectivity index (χ0) is 14.3. The summed E-state index contributed by atoms with van der Waals surface area (Å²) in [4.78, 5) is 20.3. The standard InChI is InChI=1S/C15H14ClN3O/c1-8-18-13-4-2-3-11(13)14(19-8)9-5-6-10(15(17)20)12(16)7-9/h5-7H,2-4H2,1H3,(H2,17,20). The predicted octanol–water partition coefficient (Wildman–Crippen LogP) is 2.69. The fourth-order valence-corrected chi connectivity index (χ4v) is 2.93. The summed E-state index contributed by atoms with van der Waals surface area (Å²) in [6, 6.07) is 5.24. The molecule has 2 N–H and O–H groups in total. The summed E-state index contributed by atoms with van der Waals surface area (Å²) in [5.74, 6) is 0.237. The number of hydrogen-bond acceptors (Lipinski definition) is 3. The van der Waals surface area contributed by atoms with E-state index in [1.807, 2.05) is 13.0 Å². The monoisotopic (exact) mass is 287 g/mol. The van der Waals surface area contributed by atoms with E-state index in [-0.39, 0.29) is 0 Å². The molecule has 0 fully saturated rings. The molecule has 0 atom stereocenters. The summed E-state index contributed by atoms with van der Waals surface area (Å²) >= 11 is 6.12. The van der Waals surface area contributed by atoms with Gasteiger partial charge in [-0.15, -0.1) is 0 Å². The molecule has 5 heteroatoms. The first kappa shape index (κ1) is 13.1. The van der Waals surface area contributed by atoms with E-state index in [1.165, 1.54) is 5.56 Å². The quantitative estimate of drug-likeness (QED) is 0.923. The number of benzene rings is 1. The molecule has 0 radical (unpaired) electrons. The van der Waals surface area contributed by atoms with Crippen LogP contribution in [-0.4, -0.2) is 15.9 Å². The summed E-state index contributed by atoms with van der Waals surface area (Å²) in [7, 11) is 0. The Bertz CT molecular complexity index is 713. The average Bonchev–Trinajstić information content (AvgIpc) is 2.85. The van der Waals surface area contributed by atoms with E-state index in [4.69, 9.17) is 17.3 Å². The molecule has 1 aromatic carbocycles. The van der Waals surface area contributed by atoms with Gasteiger partial charge in [-0.1, -0.05) is 17.7 Å². The highest BCUT2D eigenvalue weighted by atomic mass is 35.5. The van der Waals surface area contributed by atoms with Gasteiger partial charge >= 0.3 is 0 Å². The van der Waals surface area contributed by atoms with Gasteiger partial charge in [0.15, 0.2) is 0 Å². The molecule has 1 heterocycles. The van der Waals surface area contributed by atoms with Crippen molar-refractivity contribution in [3.63, 3.8) is 0 Å². The van der Waals surface area contributed by atoms with Gasteiger partial charge in [-0.2, -0.15) is 0 Å². The molecule has 2 aromatic rings. The Hall–Kier alpha value is -1.94. The number of nitrogens with two attached hydrogens (primary N) is 1. The number of aryl methyl sites for hydroxylation is 2. The highest BCUT2D eigenvalue weighted by Gasteiger charge is 2.20. The van der Waals surface area contributed by atoms with Crippen molar-refractivity contribution in [1.82, 2.24) is 9.97 Å². The first-order valence-corrected chi connectivity index (χ1v) is 6.90. The van der Waals surface area contributed by atoms with Gasteiger partial charge in [0, 0.05) is 16.8 Å². The molecule has 1 aromatic heterocycles. The third-order valence-corrected chi connectivity index (χ3v) is 3.87. The Kier molecular flexibility index (Phi) is 3.18. The maximum absolute atomic E-state index is 11.2. The van der Waals surface area contributed by atoms with Gasteiger partial charge in [-0.25, -0.2) is 9.97 Å². The summed E-state index contributed by atoms with van der Waals surface area (Å²) in [5.41, 5.74) is 9.75. The molecule has 0 unspecified atom stereocenters. The van der Waals surface area contributed by atoms with Crippen LogP contribution in [0.15, 0.2) is 18.2 Å². The fraction of sp³-hybridized carbons (Fsp3) is 0.267. The topological polar surface area (TPSA) is 68.9 Å². The minimum Gasteiger partial charge on any atom is -0.366 e. The van der Waals surface area contributed by atoms with Gasteiger partial charge in [0.2, 0.25) is 5.91 Å². The Morgan fingerprint density at radius 1 is 1.30 bits per heavy atom. The molecule has 102 valence electrons. The zero-order valence-corrected chi connectivity index (χ0v) is 11.9. The van der Waals surface area contributed by atoms with Crippen molar-refractivity contribution in [2.75, 3.05) is 0 Å². The van der Waals surface area contributed by atoms with Crippen LogP contribution in [0.25, 0.3) is 11.3 Å². The molecule has 1 aliphatic rings. The largest absolute Gasteiger partial charge is 0.366 e. The van der Waals surface area contributed by atoms with E-state index < -0.39 is 5.91 Å². The van der Waals surface area contributed by atoms with Crippen LogP contribution in [-0.2, 0) is 12.8 Å². The van der Waals surface area contributed by atoms with E-state index in [0.29, 0.717) is 10.6 Å². The lowest BCUT2D eigenvalue weighted by atomic mass is 10.0. The predicted molar refractivity (Wildman–Crippen MR) is 77.8 cm³/mol. The molecule has 4 nitrogen and oxygen atoms in total. The molecule has 0 spiro atoms. The molecular formula is C15H14ClN3O. The van der Waals surface area contributed by atoms with Crippen molar-refractivity contribution >= 4 is 17.5 Å². The van der Waals surface area contributed by atoms with Gasteiger partial charge in [0.1, 0.15) is 5.82 Å². The second-order valence-corrected chi connectivity index (χ2v) is 5.36. The maximum Gasteiger partial charge on any atom is 0.250 e. The highest BCUT2D eigenvalue weighted by Crippen LogP contribution is 2.32. The van der Waals surface area contributed by atoms with Crippen LogP contribution in [0.4, 0.5) is 0 Å². The number of primary amides is 1. The molecule has 3 rings (SSSR count). The number of amides is 1. The molecule has 0 aliphatic heterocycles. The zero-order valence-electron chi connectivity index (χ0n) is 11.1. The van der Waals surface area contributed by atoms with Gasteiger partial charge in [0.05, 0.1) is 16.3 Å². The Balaban J connectivity index is 2.15. The van der Waals surface area contributed by atoms with Gasteiger partial charge in [0.25, 0.3) is 0 Å². The molecule has 20 heavy (non-hydrogen) atoms. The van der Waals surface area contributed by atoms with Crippen LogP contribution in [0.1, 0.15) is 33.9 Å². The number of rotatable bonds is 2. The van der Waals surface area contributed by atoms with E-state index >= 15 is 0 Å². The minimum absolute atomic E-state index is 0.331. The van der Waals surface area contributed by atoms with E-state index in [1.54, 1.807) is 12.1 Å². The summed E-state index contributed by atoms with van der Waals surface area (Å²) in [6.07, 6.45) is 3.09. The van der Waals surface area contributed by atoms with Crippen LogP contribution >= 0.6 is 11.6 Å². The molecule has 0 bridgehead atoms. The lowest BCUT2D eigenvalue weighted by Gasteiger charge is -2.10. The number of aromatic nitrogens is 2. The first-order chi connectivity index (χ1) is 9.56. The van der Waals surface area contributed by atoms with Gasteiger partial charge in [-0.05, 0) is 38.3 Å². The maximum atomic E-state index is 11.2. The summed E-state index contributed by atoms with van der Waals surface area (Å²) < 4.78 is 0. The van der Waals surface area contributed by atoms with Crippen molar-refractivity contribution in [3.8, 4) is 11.3 Å². The van der Waals surface area contributed by atoms with Crippen molar-refractivity contribution in [2.45, 2.75) is 26.2 Å². The number of carbonyl (C=O) groups is 1. The van der Waals surface area contributed by atoms with Crippen LogP contribution in [0, 0.1) is 6.92 Å². The van der Waals surface area contributed by atoms with Gasteiger partial charge < -0.3 is 5.73 Å². The van der Waals surface area contributed by atoms with Crippen molar-refractivity contribution in [2.24, 2.45) is 5.73 Å². The fourth-order valence-electron chi connectivity index (χ4n) is 2.66. The van der Waals surface area contributed by atoms with Crippen LogP contribution in [0.2, 0.25) is 5.02 Å². The third-order valence-electron chi connectivity index (χ3n) is 3.55. The van der Waals surface area contributed by atoms with Gasteiger partial charge in [-0.3, -0.25) is 4.79 Å². The molecule has 0 saturated carbocycles. The normalized spacial score (nSPS) is 13.3. The second kappa shape index (κ2) is 4.87. The number of carbonyl (C=O) groups excluding carboxylic acids is 1. The Labute approximate surface area is 122 Å². The molecule has 1 amide bonds. The minimum atomic E-state index is -0.523. The van der Waals surface area contributed by atoms with Crippen LogP contribution < -0.4 is 5.73 Å². The smallest absolute Gasteiger partial charge is 0.250 e. The van der Waals surface area contributed by atoms with Crippen molar-refractivity contribution in [3.05, 3.63) is 45.9 Å². The summed E-state index contributed by atoms with van der Waals surface area (Å²) in [5, 5.41) is 0.359. The molecule has 1 aliphatic carbocycles. The lowest BCUT2D eigenvalue weighted by molar-refractivity contribution is 0.100. The van der Waals surface area contributed by atoms with Crippen LogP contribution in [0.3, 0.4) is 0 Å². The Morgan fingerprint density at radius 2 is 2.10 bits per heavy atom. The van der Waals surface area contributed by atoms with E-state index in [2.05, 4.69) is 9.97 Å². The second-order valence-electron chi connectivity index (χ2n) is 4.96. The lowest BCUT2D eigenvalue weighted by Crippen LogP contribution is -2.11. The average molecular weight is 288 g/mol. The van der Waals surface area contributed by atoms with Crippen molar-refractivity contribution < 1.29 is 4.79 Å². The SMILES string of the molecule is Cc1nc2c(c(-c3ccc(C(N)=O)c(Cl)c3)n1)CCC2. The third kappa shape index (κ3) is 2.16.